The Balaban J connectivity index is 0.00000552. The van der Waals surface area contributed by atoms with Crippen LogP contribution in [-0.2, 0) is 17.8 Å². The first-order valence-corrected chi connectivity index (χ1v) is 14.5. The van der Waals surface area contributed by atoms with Gasteiger partial charge in [-0.1, -0.05) is 54.6 Å². The minimum atomic E-state index is -1.20. The van der Waals surface area contributed by atoms with E-state index in [1.165, 1.54) is 12.1 Å². The van der Waals surface area contributed by atoms with E-state index < -0.39 is 30.4 Å². The van der Waals surface area contributed by atoms with Crippen LogP contribution in [0.2, 0.25) is 0 Å². The molecule has 1 amide bonds. The fourth-order valence-corrected chi connectivity index (χ4v) is 5.53. The first-order chi connectivity index (χ1) is 21.1. The number of amides is 1. The van der Waals surface area contributed by atoms with Crippen molar-refractivity contribution in [2.45, 2.75) is 64.3 Å². The van der Waals surface area contributed by atoms with E-state index in [0.717, 1.165) is 22.4 Å². The van der Waals surface area contributed by atoms with Gasteiger partial charge in [0.2, 0.25) is 0 Å². The normalized spacial score (nSPS) is 12.2. The average Bonchev–Trinajstić information content (AvgIpc) is 3.35. The standard InChI is InChI=1S/C35H36FN3O5.Na.H/c1-22(2)39-30(16-15-28(40)18-29(41)19-31(42)43)32(26-11-13-27(36)14-12-26)33(25-9-4-3-5-10-25)34(39)35(44)38-21-24-8-6-7-23(17-24)20-37;;/h3-14,17,22,28-29,40-41H,15-16,18-19,21H2,1-2H3,(H,38,44)(H,42,43);;/t28-,29-;;/m1../s1. The number of benzene rings is 3. The third-order valence-electron chi connectivity index (χ3n) is 7.41. The van der Waals surface area contributed by atoms with Gasteiger partial charge in [-0.15, -0.1) is 0 Å². The number of carbonyl (C=O) groups is 2. The molecule has 0 saturated carbocycles. The van der Waals surface area contributed by atoms with E-state index in [9.17, 15) is 29.5 Å². The van der Waals surface area contributed by atoms with E-state index >= 15 is 0 Å². The first kappa shape index (κ1) is 35.7. The van der Waals surface area contributed by atoms with E-state index in [1.54, 1.807) is 30.3 Å². The molecule has 1 aromatic heterocycles. The number of hydrogen-bond donors (Lipinski definition) is 4. The molecule has 0 spiro atoms. The monoisotopic (exact) mass is 621 g/mol. The van der Waals surface area contributed by atoms with Gasteiger partial charge in [-0.05, 0) is 74.1 Å². The summed E-state index contributed by atoms with van der Waals surface area (Å²) in [7, 11) is 0. The SMILES string of the molecule is CC(C)n1c(CC[C@@H](O)C[C@@H](O)CC(=O)O)c(-c2ccc(F)cc2)c(-c2ccccc2)c1C(=O)NCc1cccc(C#N)c1.[NaH]. The third-order valence-corrected chi connectivity index (χ3v) is 7.41. The molecule has 0 aliphatic rings. The van der Waals surface area contributed by atoms with Crippen LogP contribution in [0.25, 0.3) is 22.3 Å². The number of hydrogen-bond acceptors (Lipinski definition) is 5. The van der Waals surface area contributed by atoms with Gasteiger partial charge >= 0.3 is 35.5 Å². The van der Waals surface area contributed by atoms with Gasteiger partial charge < -0.3 is 25.2 Å². The zero-order chi connectivity index (χ0) is 31.8. The summed E-state index contributed by atoms with van der Waals surface area (Å²) in [6, 6.07) is 24.4. The summed E-state index contributed by atoms with van der Waals surface area (Å²) in [6.07, 6.45) is -2.29. The van der Waals surface area contributed by atoms with Crippen molar-refractivity contribution in [3.63, 3.8) is 0 Å². The maximum absolute atomic E-state index is 14.1. The van der Waals surface area contributed by atoms with E-state index in [0.29, 0.717) is 28.8 Å². The summed E-state index contributed by atoms with van der Waals surface area (Å²) in [4.78, 5) is 25.1. The van der Waals surface area contributed by atoms with Crippen LogP contribution in [0.3, 0.4) is 0 Å². The van der Waals surface area contributed by atoms with Crippen LogP contribution in [0.5, 0.6) is 0 Å². The van der Waals surface area contributed by atoms with Crippen LogP contribution in [-0.4, -0.2) is 73.5 Å². The van der Waals surface area contributed by atoms with Crippen molar-refractivity contribution < 1.29 is 29.3 Å². The average molecular weight is 622 g/mol. The molecule has 0 radical (unpaired) electrons. The van der Waals surface area contributed by atoms with Crippen LogP contribution in [0.1, 0.15) is 66.5 Å². The minimum absolute atomic E-state index is 0. The predicted octanol–water partition coefficient (Wildman–Crippen LogP) is 5.21. The summed E-state index contributed by atoms with van der Waals surface area (Å²) in [5, 5.41) is 42.2. The van der Waals surface area contributed by atoms with Crippen molar-refractivity contribution in [3.05, 3.63) is 107 Å². The summed E-state index contributed by atoms with van der Waals surface area (Å²) < 4.78 is 16.0. The second-order valence-corrected chi connectivity index (χ2v) is 11.1. The van der Waals surface area contributed by atoms with Gasteiger partial charge in [0.05, 0.1) is 30.3 Å². The van der Waals surface area contributed by atoms with Crippen LogP contribution in [0.15, 0.2) is 78.9 Å². The number of nitrogens with zero attached hydrogens (tertiary/aromatic N) is 2. The number of nitrogens with one attached hydrogen (secondary N) is 1. The summed E-state index contributed by atoms with van der Waals surface area (Å²) >= 11 is 0. The molecule has 0 bridgehead atoms. The number of carboxylic acids is 1. The number of aliphatic hydroxyl groups is 2. The van der Waals surface area contributed by atoms with E-state index in [2.05, 4.69) is 11.4 Å². The Morgan fingerprint density at radius 3 is 2.22 bits per heavy atom. The summed E-state index contributed by atoms with van der Waals surface area (Å²) in [5.41, 5.74) is 5.25. The molecule has 4 aromatic rings. The van der Waals surface area contributed by atoms with Crippen molar-refractivity contribution in [1.82, 2.24) is 9.88 Å². The summed E-state index contributed by atoms with van der Waals surface area (Å²) in [6.45, 7) is 4.09. The maximum atomic E-state index is 14.1. The van der Waals surface area contributed by atoms with Crippen LogP contribution >= 0.6 is 0 Å². The van der Waals surface area contributed by atoms with Gasteiger partial charge in [0.15, 0.2) is 0 Å². The van der Waals surface area contributed by atoms with Crippen molar-refractivity contribution in [2.75, 3.05) is 0 Å². The van der Waals surface area contributed by atoms with Crippen molar-refractivity contribution in [1.29, 1.82) is 5.26 Å². The Morgan fingerprint density at radius 2 is 1.60 bits per heavy atom. The molecule has 0 fully saturated rings. The molecule has 1 heterocycles. The predicted molar refractivity (Wildman–Crippen MR) is 172 cm³/mol. The van der Waals surface area contributed by atoms with E-state index in [4.69, 9.17) is 5.11 Å². The van der Waals surface area contributed by atoms with Gasteiger partial charge in [-0.25, -0.2) is 4.39 Å². The van der Waals surface area contributed by atoms with Gasteiger partial charge in [-0.3, -0.25) is 9.59 Å². The molecule has 0 unspecified atom stereocenters. The van der Waals surface area contributed by atoms with Gasteiger partial charge in [0.25, 0.3) is 5.91 Å². The van der Waals surface area contributed by atoms with E-state index in [1.807, 2.05) is 54.8 Å². The first-order valence-electron chi connectivity index (χ1n) is 14.5. The Kier molecular flexibility index (Phi) is 13.1. The second-order valence-electron chi connectivity index (χ2n) is 11.1. The zero-order valence-corrected chi connectivity index (χ0v) is 24.7. The molecular formula is C35H37FN3NaO5. The van der Waals surface area contributed by atoms with Gasteiger partial charge in [0, 0.05) is 29.4 Å². The third kappa shape index (κ3) is 9.13. The number of nitriles is 1. The fraction of sp³-hybridized carbons (Fsp3) is 0.286. The number of carbonyl (C=O) groups excluding carboxylic acids is 1. The van der Waals surface area contributed by atoms with Crippen molar-refractivity contribution >= 4 is 41.4 Å². The molecule has 0 aliphatic carbocycles. The van der Waals surface area contributed by atoms with Gasteiger partial charge in [0.1, 0.15) is 11.5 Å². The van der Waals surface area contributed by atoms with Crippen LogP contribution in [0.4, 0.5) is 4.39 Å². The molecule has 4 N–H and O–H groups in total. The Morgan fingerprint density at radius 1 is 0.933 bits per heavy atom. The molecule has 2 atom stereocenters. The Hall–Kier alpha value is -3.78. The number of aliphatic carboxylic acids is 1. The topological polar surface area (TPSA) is 136 Å². The number of aromatic nitrogens is 1. The van der Waals surface area contributed by atoms with Crippen molar-refractivity contribution in [2.24, 2.45) is 0 Å². The molecule has 10 heteroatoms. The number of rotatable bonds is 13. The molecular weight excluding hydrogens is 584 g/mol. The molecule has 0 saturated heterocycles. The number of aliphatic hydroxyl groups excluding tert-OH is 2. The molecule has 45 heavy (non-hydrogen) atoms. The van der Waals surface area contributed by atoms with Crippen LogP contribution < -0.4 is 5.32 Å². The molecule has 3 aromatic carbocycles. The van der Waals surface area contributed by atoms with Gasteiger partial charge in [-0.2, -0.15) is 5.26 Å². The second kappa shape index (κ2) is 16.5. The Labute approximate surface area is 284 Å². The quantitative estimate of drug-likeness (QED) is 0.151. The fourth-order valence-electron chi connectivity index (χ4n) is 5.53. The van der Waals surface area contributed by atoms with E-state index in [-0.39, 0.29) is 60.9 Å². The number of carboxylic acid groups (broad SMARTS) is 1. The molecule has 4 rings (SSSR count). The Bertz CT molecular complexity index is 1650. The molecule has 0 aliphatic heterocycles. The number of halogens is 1. The van der Waals surface area contributed by atoms with Crippen LogP contribution in [0, 0.1) is 17.1 Å². The molecule has 8 nitrogen and oxygen atoms in total. The summed E-state index contributed by atoms with van der Waals surface area (Å²) in [5.74, 6) is -1.90. The zero-order valence-electron chi connectivity index (χ0n) is 24.7. The molecule has 230 valence electrons. The van der Waals surface area contributed by atoms with Crippen molar-refractivity contribution in [3.8, 4) is 28.3 Å².